The summed E-state index contributed by atoms with van der Waals surface area (Å²) in [5.74, 6) is 0. The van der Waals surface area contributed by atoms with E-state index in [4.69, 9.17) is 0 Å². The molecule has 1 aromatic heterocycles. The molecule has 0 bridgehead atoms. The van der Waals surface area contributed by atoms with Gasteiger partial charge in [0.15, 0.2) is 0 Å². The van der Waals surface area contributed by atoms with Crippen molar-refractivity contribution in [1.29, 1.82) is 0 Å². The van der Waals surface area contributed by atoms with Gasteiger partial charge in [-0.05, 0) is 121 Å². The molecule has 2 heteroatoms. The number of fused-ring (bicyclic) bond motifs is 9. The van der Waals surface area contributed by atoms with E-state index in [-0.39, 0.29) is 0 Å². The van der Waals surface area contributed by atoms with Gasteiger partial charge < -0.3 is 9.47 Å². The highest BCUT2D eigenvalue weighted by Gasteiger charge is 2.20. The number of rotatable bonds is 6. The van der Waals surface area contributed by atoms with Crippen molar-refractivity contribution in [2.24, 2.45) is 0 Å². The lowest BCUT2D eigenvalue weighted by Crippen LogP contribution is -2.11. The molecule has 60 heavy (non-hydrogen) atoms. The molecule has 0 fully saturated rings. The Morgan fingerprint density at radius 1 is 0.300 bits per heavy atom. The number of para-hydroxylation sites is 2. The van der Waals surface area contributed by atoms with Gasteiger partial charge in [0.1, 0.15) is 0 Å². The van der Waals surface area contributed by atoms with Crippen LogP contribution in [0.4, 0.5) is 17.1 Å². The minimum atomic E-state index is 1.10. The van der Waals surface area contributed by atoms with E-state index in [9.17, 15) is 0 Å². The normalized spacial score (nSPS) is 11.7. The van der Waals surface area contributed by atoms with Crippen molar-refractivity contribution in [3.8, 4) is 27.9 Å². The molecule has 0 aliphatic heterocycles. The molecule has 1 heterocycles. The van der Waals surface area contributed by atoms with Crippen molar-refractivity contribution >= 4 is 82.0 Å². The van der Waals surface area contributed by atoms with Crippen LogP contribution in [0.2, 0.25) is 0 Å². The number of anilines is 3. The highest BCUT2D eigenvalue weighted by atomic mass is 15.1. The maximum absolute atomic E-state index is 2.45. The first-order valence-corrected chi connectivity index (χ1v) is 20.7. The van der Waals surface area contributed by atoms with Gasteiger partial charge in [-0.15, -0.1) is 0 Å². The first-order valence-electron chi connectivity index (χ1n) is 20.7. The quantitative estimate of drug-likeness (QED) is 0.153. The van der Waals surface area contributed by atoms with Gasteiger partial charge in [-0.2, -0.15) is 0 Å². The third kappa shape index (κ3) is 5.50. The lowest BCUT2D eigenvalue weighted by molar-refractivity contribution is 1.18. The Morgan fingerprint density at radius 2 is 0.867 bits per heavy atom. The zero-order valence-electron chi connectivity index (χ0n) is 32.8. The molecular formula is C58H38N2. The molecule has 12 rings (SSSR count). The van der Waals surface area contributed by atoms with E-state index in [0.29, 0.717) is 0 Å². The largest absolute Gasteiger partial charge is 0.310 e. The number of hydrogen-bond donors (Lipinski definition) is 0. The van der Waals surface area contributed by atoms with Crippen molar-refractivity contribution in [2.75, 3.05) is 4.90 Å². The maximum atomic E-state index is 2.45. The zero-order chi connectivity index (χ0) is 39.6. The van der Waals surface area contributed by atoms with E-state index in [2.05, 4.69) is 240 Å². The van der Waals surface area contributed by atoms with E-state index in [1.807, 2.05) is 0 Å². The Balaban J connectivity index is 1.04. The summed E-state index contributed by atoms with van der Waals surface area (Å²) < 4.78 is 2.39. The fraction of sp³-hybridized carbons (Fsp3) is 0. The van der Waals surface area contributed by atoms with Crippen molar-refractivity contribution in [3.05, 3.63) is 231 Å². The molecule has 0 spiro atoms. The zero-order valence-corrected chi connectivity index (χ0v) is 32.8. The molecule has 280 valence electrons. The molecule has 0 N–H and O–H groups in total. The van der Waals surface area contributed by atoms with Crippen LogP contribution >= 0.6 is 0 Å². The van der Waals surface area contributed by atoms with Crippen molar-refractivity contribution in [1.82, 2.24) is 4.57 Å². The smallest absolute Gasteiger partial charge is 0.0547 e. The fourth-order valence-electron chi connectivity index (χ4n) is 9.59. The molecular weight excluding hydrogens is 725 g/mol. The van der Waals surface area contributed by atoms with E-state index >= 15 is 0 Å². The van der Waals surface area contributed by atoms with Crippen LogP contribution in [0, 0.1) is 0 Å². The second kappa shape index (κ2) is 13.9. The first-order chi connectivity index (χ1) is 29.8. The van der Waals surface area contributed by atoms with E-state index in [1.54, 1.807) is 0 Å². The van der Waals surface area contributed by atoms with Gasteiger partial charge in [0, 0.05) is 33.2 Å². The van der Waals surface area contributed by atoms with Crippen LogP contribution in [0.15, 0.2) is 231 Å². The SMILES string of the molecule is c1ccc(-n2c3ccccc3c3c(-c4cccc(-c5cccc(N(c6ccc7c(ccc8ccccc87)c6)c6cc7ccccc7c7ccccc67)c5)c4)cccc32)cc1. The van der Waals surface area contributed by atoms with Gasteiger partial charge in [-0.1, -0.05) is 170 Å². The molecule has 0 aliphatic carbocycles. The number of benzene rings is 11. The third-order valence-corrected chi connectivity index (χ3v) is 12.3. The molecule has 11 aromatic carbocycles. The van der Waals surface area contributed by atoms with Crippen LogP contribution in [-0.4, -0.2) is 4.57 Å². The number of hydrogen-bond acceptors (Lipinski definition) is 1. The van der Waals surface area contributed by atoms with Crippen LogP contribution in [-0.2, 0) is 0 Å². The topological polar surface area (TPSA) is 8.17 Å². The van der Waals surface area contributed by atoms with Crippen LogP contribution in [0.5, 0.6) is 0 Å². The van der Waals surface area contributed by atoms with E-state index in [0.717, 1.165) is 28.3 Å². The van der Waals surface area contributed by atoms with Gasteiger partial charge in [0.2, 0.25) is 0 Å². The molecule has 0 unspecified atom stereocenters. The minimum absolute atomic E-state index is 1.10. The first kappa shape index (κ1) is 34.1. The van der Waals surface area contributed by atoms with Crippen molar-refractivity contribution in [2.45, 2.75) is 0 Å². The van der Waals surface area contributed by atoms with Gasteiger partial charge >= 0.3 is 0 Å². The predicted molar refractivity (Wildman–Crippen MR) is 256 cm³/mol. The third-order valence-electron chi connectivity index (χ3n) is 12.3. The molecule has 0 amide bonds. The summed E-state index contributed by atoms with van der Waals surface area (Å²) in [5.41, 5.74) is 11.7. The summed E-state index contributed by atoms with van der Waals surface area (Å²) in [4.78, 5) is 2.45. The van der Waals surface area contributed by atoms with Gasteiger partial charge in [-0.3, -0.25) is 0 Å². The van der Waals surface area contributed by atoms with Gasteiger partial charge in [0.25, 0.3) is 0 Å². The summed E-state index contributed by atoms with van der Waals surface area (Å²) in [6.45, 7) is 0. The molecule has 0 saturated carbocycles. The summed E-state index contributed by atoms with van der Waals surface area (Å²) in [6, 6.07) is 84.3. The summed E-state index contributed by atoms with van der Waals surface area (Å²) >= 11 is 0. The average molecular weight is 763 g/mol. The Labute approximate surface area is 348 Å². The lowest BCUT2D eigenvalue weighted by atomic mass is 9.95. The molecule has 0 atom stereocenters. The van der Waals surface area contributed by atoms with Crippen LogP contribution < -0.4 is 4.90 Å². The number of nitrogens with zero attached hydrogens (tertiary/aromatic N) is 2. The van der Waals surface area contributed by atoms with Crippen molar-refractivity contribution in [3.63, 3.8) is 0 Å². The van der Waals surface area contributed by atoms with E-state index in [1.165, 1.54) is 81.6 Å². The second-order valence-corrected chi connectivity index (χ2v) is 15.7. The minimum Gasteiger partial charge on any atom is -0.310 e. The molecule has 0 saturated heterocycles. The molecule has 0 radical (unpaired) electrons. The highest BCUT2D eigenvalue weighted by molar-refractivity contribution is 6.17. The second-order valence-electron chi connectivity index (χ2n) is 15.7. The highest BCUT2D eigenvalue weighted by Crippen LogP contribution is 2.45. The molecule has 0 aliphatic rings. The Morgan fingerprint density at radius 3 is 1.72 bits per heavy atom. The Kier molecular flexibility index (Phi) is 7.89. The molecule has 2 nitrogen and oxygen atoms in total. The van der Waals surface area contributed by atoms with Gasteiger partial charge in [-0.25, -0.2) is 0 Å². The summed E-state index contributed by atoms with van der Waals surface area (Å²) in [5, 5.41) is 12.4. The Bertz CT molecular complexity index is 3610. The standard InChI is InChI=1S/C58H38N2/c1-2-20-45(21-3-1)60-55-29-11-10-27-54(55)58-51(28-14-30-56(58)60)42-19-12-17-40(35-42)41-18-13-22-46(36-41)59(47-33-34-50-44(37-47)32-31-39-15-4-6-23-48(39)50)57-38-43-16-5-7-24-49(43)52-25-8-9-26-53(52)57/h1-38H. The van der Waals surface area contributed by atoms with Crippen molar-refractivity contribution < 1.29 is 0 Å². The summed E-state index contributed by atoms with van der Waals surface area (Å²) in [6.07, 6.45) is 0. The summed E-state index contributed by atoms with van der Waals surface area (Å²) in [7, 11) is 0. The predicted octanol–water partition coefficient (Wildman–Crippen LogP) is 16.2. The lowest BCUT2D eigenvalue weighted by Gasteiger charge is -2.28. The van der Waals surface area contributed by atoms with E-state index < -0.39 is 0 Å². The maximum Gasteiger partial charge on any atom is 0.0547 e. The molecule has 12 aromatic rings. The fourth-order valence-corrected chi connectivity index (χ4v) is 9.59. The van der Waals surface area contributed by atoms with Crippen LogP contribution in [0.1, 0.15) is 0 Å². The monoisotopic (exact) mass is 762 g/mol. The number of aromatic nitrogens is 1. The van der Waals surface area contributed by atoms with Crippen LogP contribution in [0.25, 0.3) is 92.8 Å². The van der Waals surface area contributed by atoms with Gasteiger partial charge in [0.05, 0.1) is 16.7 Å². The average Bonchev–Trinajstić information content (AvgIpc) is 3.67. The Hall–Kier alpha value is -7.94. The van der Waals surface area contributed by atoms with Crippen LogP contribution in [0.3, 0.4) is 0 Å².